The zero-order valence-corrected chi connectivity index (χ0v) is 13.3. The van der Waals surface area contributed by atoms with Crippen molar-refractivity contribution in [2.75, 3.05) is 0 Å². The number of benzene rings is 2. The molecule has 124 valence electrons. The van der Waals surface area contributed by atoms with Crippen LogP contribution in [0.25, 0.3) is 0 Å². The molecule has 2 aromatic rings. The van der Waals surface area contributed by atoms with Crippen LogP contribution < -0.4 is 4.74 Å². The van der Waals surface area contributed by atoms with Gasteiger partial charge in [0.2, 0.25) is 0 Å². The van der Waals surface area contributed by atoms with Crippen LogP contribution in [-0.2, 0) is 16.1 Å². The molecule has 1 saturated carbocycles. The molecule has 0 atom stereocenters. The first-order valence-electron chi connectivity index (χ1n) is 8.03. The number of rotatable bonds is 7. The lowest BCUT2D eigenvalue weighted by atomic mass is 9.82. The Kier molecular flexibility index (Phi) is 5.29. The van der Waals surface area contributed by atoms with Gasteiger partial charge in [-0.1, -0.05) is 36.4 Å². The number of para-hydroxylation sites is 1. The Morgan fingerprint density at radius 2 is 1.83 bits per heavy atom. The molecule has 0 amide bonds. The summed E-state index contributed by atoms with van der Waals surface area (Å²) in [5.74, 6) is 1.02. The van der Waals surface area contributed by atoms with Crippen LogP contribution in [0.2, 0.25) is 0 Å². The van der Waals surface area contributed by atoms with E-state index in [0.29, 0.717) is 12.5 Å². The molecule has 0 saturated heterocycles. The summed E-state index contributed by atoms with van der Waals surface area (Å²) in [7, 11) is 0. The van der Waals surface area contributed by atoms with E-state index in [-0.39, 0.29) is 6.10 Å². The fourth-order valence-electron chi connectivity index (χ4n) is 2.66. The molecule has 1 aliphatic carbocycles. The summed E-state index contributed by atoms with van der Waals surface area (Å²) in [5, 5.41) is 8.60. The summed E-state index contributed by atoms with van der Waals surface area (Å²) in [6.07, 6.45) is 4.92. The van der Waals surface area contributed by atoms with Gasteiger partial charge in [-0.2, -0.15) is 0 Å². The normalized spacial score (nSPS) is 19.8. The van der Waals surface area contributed by atoms with Gasteiger partial charge in [-0.25, -0.2) is 4.79 Å². The second-order valence-corrected chi connectivity index (χ2v) is 5.92. The summed E-state index contributed by atoms with van der Waals surface area (Å²) in [5.41, 5.74) is 1.06. The summed E-state index contributed by atoms with van der Waals surface area (Å²) in [6, 6.07) is 17.5. The molecule has 0 aromatic heterocycles. The summed E-state index contributed by atoms with van der Waals surface area (Å²) in [4.78, 5) is 10.5. The molecule has 0 radical (unpaired) electrons. The van der Waals surface area contributed by atoms with Crippen LogP contribution in [-0.4, -0.2) is 17.2 Å². The van der Waals surface area contributed by atoms with E-state index in [0.717, 1.165) is 29.9 Å². The van der Waals surface area contributed by atoms with Crippen molar-refractivity contribution in [2.45, 2.75) is 25.6 Å². The highest BCUT2D eigenvalue weighted by molar-refractivity contribution is 5.79. The van der Waals surface area contributed by atoms with E-state index in [4.69, 9.17) is 14.6 Å². The number of carboxylic acids is 1. The Bertz CT molecular complexity index is 703. The monoisotopic (exact) mass is 324 g/mol. The fraction of sp³-hybridized carbons (Fsp3) is 0.250. The molecular formula is C20H20O4. The highest BCUT2D eigenvalue weighted by atomic mass is 16.5. The van der Waals surface area contributed by atoms with Gasteiger partial charge in [0.25, 0.3) is 0 Å². The predicted molar refractivity (Wildman–Crippen MR) is 91.0 cm³/mol. The Morgan fingerprint density at radius 3 is 2.58 bits per heavy atom. The highest BCUT2D eigenvalue weighted by Crippen LogP contribution is 2.32. The van der Waals surface area contributed by atoms with Crippen molar-refractivity contribution >= 4 is 5.97 Å². The molecule has 0 unspecified atom stereocenters. The Morgan fingerprint density at radius 1 is 1.08 bits per heavy atom. The average Bonchev–Trinajstić information content (AvgIpc) is 2.54. The minimum atomic E-state index is -0.894. The SMILES string of the molecule is O=C(O)/C=C/[C@H]1C[C@@H](OCc2cccc(Oc3ccccc3)c2)C1. The number of aliphatic carboxylic acids is 1. The molecular weight excluding hydrogens is 304 g/mol. The van der Waals surface area contributed by atoms with Crippen molar-refractivity contribution in [3.8, 4) is 11.5 Å². The first kappa shape index (κ1) is 16.3. The maximum absolute atomic E-state index is 10.5. The van der Waals surface area contributed by atoms with Crippen molar-refractivity contribution in [2.24, 2.45) is 5.92 Å². The van der Waals surface area contributed by atoms with Gasteiger partial charge in [0.15, 0.2) is 0 Å². The van der Waals surface area contributed by atoms with Crippen LogP contribution in [0.15, 0.2) is 66.7 Å². The summed E-state index contributed by atoms with van der Waals surface area (Å²) >= 11 is 0. The van der Waals surface area contributed by atoms with Crippen LogP contribution in [0.5, 0.6) is 11.5 Å². The van der Waals surface area contributed by atoms with Gasteiger partial charge in [0.1, 0.15) is 11.5 Å². The topological polar surface area (TPSA) is 55.8 Å². The predicted octanol–water partition coefficient (Wildman–Crippen LogP) is 4.41. The van der Waals surface area contributed by atoms with Gasteiger partial charge in [0.05, 0.1) is 12.7 Å². The van der Waals surface area contributed by atoms with Crippen molar-refractivity contribution in [3.05, 3.63) is 72.3 Å². The van der Waals surface area contributed by atoms with Crippen molar-refractivity contribution in [1.82, 2.24) is 0 Å². The summed E-state index contributed by atoms with van der Waals surface area (Å²) in [6.45, 7) is 0.534. The zero-order valence-electron chi connectivity index (χ0n) is 13.3. The smallest absolute Gasteiger partial charge is 0.327 e. The number of allylic oxidation sites excluding steroid dienone is 1. The quantitative estimate of drug-likeness (QED) is 0.766. The Hall–Kier alpha value is -2.59. The molecule has 0 aliphatic heterocycles. The van der Waals surface area contributed by atoms with E-state index in [1.807, 2.05) is 54.6 Å². The van der Waals surface area contributed by atoms with E-state index in [2.05, 4.69) is 0 Å². The van der Waals surface area contributed by atoms with Crippen LogP contribution in [0.4, 0.5) is 0 Å². The summed E-state index contributed by atoms with van der Waals surface area (Å²) < 4.78 is 11.7. The lowest BCUT2D eigenvalue weighted by molar-refractivity contribution is -0.131. The second kappa shape index (κ2) is 7.79. The third kappa shape index (κ3) is 4.70. The minimum Gasteiger partial charge on any atom is -0.478 e. The highest BCUT2D eigenvalue weighted by Gasteiger charge is 2.27. The van der Waals surface area contributed by atoms with Gasteiger partial charge in [-0.15, -0.1) is 0 Å². The van der Waals surface area contributed by atoms with Crippen molar-refractivity contribution in [3.63, 3.8) is 0 Å². The molecule has 4 nitrogen and oxygen atoms in total. The first-order chi connectivity index (χ1) is 11.7. The molecule has 0 bridgehead atoms. The second-order valence-electron chi connectivity index (χ2n) is 5.92. The van der Waals surface area contributed by atoms with Gasteiger partial charge >= 0.3 is 5.97 Å². The fourth-order valence-corrected chi connectivity index (χ4v) is 2.66. The lowest BCUT2D eigenvalue weighted by Gasteiger charge is -2.33. The third-order valence-corrected chi connectivity index (χ3v) is 4.01. The molecule has 1 fully saturated rings. The molecule has 4 heteroatoms. The standard InChI is InChI=1S/C20H20O4/c21-20(22)10-9-15-11-19(12-15)23-14-16-5-4-8-18(13-16)24-17-6-2-1-3-7-17/h1-10,13,15,19H,11-12,14H2,(H,21,22)/b10-9+/t15-,19+. The van der Waals surface area contributed by atoms with Gasteiger partial charge < -0.3 is 14.6 Å². The van der Waals surface area contributed by atoms with Gasteiger partial charge in [-0.3, -0.25) is 0 Å². The molecule has 1 aliphatic rings. The molecule has 3 rings (SSSR count). The van der Waals surface area contributed by atoms with Gasteiger partial charge in [-0.05, 0) is 48.6 Å². The van der Waals surface area contributed by atoms with Crippen molar-refractivity contribution < 1.29 is 19.4 Å². The minimum absolute atomic E-state index is 0.201. The molecule has 1 N–H and O–H groups in total. The average molecular weight is 324 g/mol. The Balaban J connectivity index is 1.47. The van der Waals surface area contributed by atoms with Gasteiger partial charge in [0, 0.05) is 6.08 Å². The third-order valence-electron chi connectivity index (χ3n) is 4.01. The number of hydrogen-bond donors (Lipinski definition) is 1. The lowest BCUT2D eigenvalue weighted by Crippen LogP contribution is -2.30. The Labute approximate surface area is 141 Å². The largest absolute Gasteiger partial charge is 0.478 e. The molecule has 0 heterocycles. The number of carboxylic acid groups (broad SMARTS) is 1. The maximum Gasteiger partial charge on any atom is 0.327 e. The van der Waals surface area contributed by atoms with Crippen LogP contribution in [0, 0.1) is 5.92 Å². The van der Waals surface area contributed by atoms with E-state index < -0.39 is 5.97 Å². The molecule has 24 heavy (non-hydrogen) atoms. The molecule has 2 aromatic carbocycles. The van der Waals surface area contributed by atoms with Crippen LogP contribution in [0.1, 0.15) is 18.4 Å². The van der Waals surface area contributed by atoms with Crippen LogP contribution >= 0.6 is 0 Å². The zero-order chi connectivity index (χ0) is 16.8. The van der Waals surface area contributed by atoms with E-state index in [9.17, 15) is 4.79 Å². The molecule has 0 spiro atoms. The first-order valence-corrected chi connectivity index (χ1v) is 8.03. The van der Waals surface area contributed by atoms with Crippen LogP contribution in [0.3, 0.4) is 0 Å². The number of hydrogen-bond acceptors (Lipinski definition) is 3. The number of ether oxygens (including phenoxy) is 2. The maximum atomic E-state index is 10.5. The van der Waals surface area contributed by atoms with E-state index in [1.54, 1.807) is 6.08 Å². The number of carbonyl (C=O) groups is 1. The van der Waals surface area contributed by atoms with E-state index >= 15 is 0 Å². The van der Waals surface area contributed by atoms with E-state index in [1.165, 1.54) is 6.08 Å². The van der Waals surface area contributed by atoms with Crippen molar-refractivity contribution in [1.29, 1.82) is 0 Å².